The highest BCUT2D eigenvalue weighted by molar-refractivity contribution is 6.36. The first-order chi connectivity index (χ1) is 8.58. The number of benzene rings is 1. The zero-order valence-corrected chi connectivity index (χ0v) is 12.1. The minimum Gasteiger partial charge on any atom is -0.324 e. The SMILES string of the molecule is CCCCN=C(NN)Nc1cc(Cl)c(C)cc1Cl. The number of hydrazine groups is 1. The van der Waals surface area contributed by atoms with Crippen LogP contribution in [0.1, 0.15) is 25.3 Å². The van der Waals surface area contributed by atoms with Gasteiger partial charge in [0.25, 0.3) is 0 Å². The van der Waals surface area contributed by atoms with Gasteiger partial charge in [-0.05, 0) is 31.0 Å². The van der Waals surface area contributed by atoms with E-state index in [4.69, 9.17) is 29.0 Å². The maximum Gasteiger partial charge on any atom is 0.210 e. The van der Waals surface area contributed by atoms with E-state index >= 15 is 0 Å². The molecule has 0 heterocycles. The van der Waals surface area contributed by atoms with Crippen molar-refractivity contribution < 1.29 is 0 Å². The predicted octanol–water partition coefficient (Wildman–Crippen LogP) is 3.33. The molecular weight excluding hydrogens is 271 g/mol. The van der Waals surface area contributed by atoms with Gasteiger partial charge in [0.1, 0.15) is 0 Å². The van der Waals surface area contributed by atoms with Gasteiger partial charge in [0.2, 0.25) is 5.96 Å². The van der Waals surface area contributed by atoms with Gasteiger partial charge in [-0.3, -0.25) is 10.4 Å². The van der Waals surface area contributed by atoms with Crippen LogP contribution >= 0.6 is 23.2 Å². The number of unbranched alkanes of at least 4 members (excludes halogenated alkanes) is 1. The Bertz CT molecular complexity index is 432. The third-order valence-corrected chi connectivity index (χ3v) is 3.14. The molecule has 0 aliphatic carbocycles. The Kier molecular flexibility index (Phi) is 6.25. The Morgan fingerprint density at radius 3 is 2.67 bits per heavy atom. The highest BCUT2D eigenvalue weighted by Gasteiger charge is 2.06. The number of hydrogen-bond acceptors (Lipinski definition) is 2. The van der Waals surface area contributed by atoms with Crippen LogP contribution in [0.15, 0.2) is 17.1 Å². The average Bonchev–Trinajstić information content (AvgIpc) is 2.34. The fourth-order valence-electron chi connectivity index (χ4n) is 1.34. The monoisotopic (exact) mass is 288 g/mol. The number of anilines is 1. The average molecular weight is 289 g/mol. The van der Waals surface area contributed by atoms with Gasteiger partial charge in [-0.15, -0.1) is 0 Å². The molecule has 1 aromatic carbocycles. The summed E-state index contributed by atoms with van der Waals surface area (Å²) in [6, 6.07) is 3.55. The van der Waals surface area contributed by atoms with Crippen LogP contribution in [-0.4, -0.2) is 12.5 Å². The number of nitrogens with zero attached hydrogens (tertiary/aromatic N) is 1. The summed E-state index contributed by atoms with van der Waals surface area (Å²) >= 11 is 12.2. The van der Waals surface area contributed by atoms with E-state index in [0.717, 1.165) is 18.4 Å². The lowest BCUT2D eigenvalue weighted by molar-refractivity contribution is 0.801. The molecule has 0 atom stereocenters. The van der Waals surface area contributed by atoms with Crippen LogP contribution in [0, 0.1) is 6.92 Å². The van der Waals surface area contributed by atoms with E-state index in [1.165, 1.54) is 0 Å². The second-order valence-corrected chi connectivity index (χ2v) is 4.75. The maximum atomic E-state index is 6.12. The molecule has 0 radical (unpaired) electrons. The fourth-order valence-corrected chi connectivity index (χ4v) is 1.77. The van der Waals surface area contributed by atoms with Crippen molar-refractivity contribution in [1.82, 2.24) is 5.43 Å². The van der Waals surface area contributed by atoms with Crippen LogP contribution in [0.5, 0.6) is 0 Å². The van der Waals surface area contributed by atoms with Crippen LogP contribution in [0.25, 0.3) is 0 Å². The number of aliphatic imine (C=N–C) groups is 1. The zero-order chi connectivity index (χ0) is 13.5. The predicted molar refractivity (Wildman–Crippen MR) is 79.4 cm³/mol. The molecule has 0 unspecified atom stereocenters. The Labute approximate surface area is 118 Å². The van der Waals surface area contributed by atoms with Crippen LogP contribution < -0.4 is 16.6 Å². The molecule has 0 spiro atoms. The molecule has 0 saturated heterocycles. The van der Waals surface area contributed by atoms with E-state index < -0.39 is 0 Å². The summed E-state index contributed by atoms with van der Waals surface area (Å²) in [7, 11) is 0. The van der Waals surface area contributed by atoms with Crippen LogP contribution in [0.3, 0.4) is 0 Å². The first kappa shape index (κ1) is 15.1. The summed E-state index contributed by atoms with van der Waals surface area (Å²) in [4.78, 5) is 4.29. The summed E-state index contributed by atoms with van der Waals surface area (Å²) < 4.78 is 0. The second kappa shape index (κ2) is 7.46. The minimum absolute atomic E-state index is 0.477. The van der Waals surface area contributed by atoms with E-state index in [1.54, 1.807) is 12.1 Å². The van der Waals surface area contributed by atoms with E-state index in [2.05, 4.69) is 22.7 Å². The molecule has 0 aromatic heterocycles. The number of aryl methyl sites for hydroxylation is 1. The molecular formula is C12H18Cl2N4. The van der Waals surface area contributed by atoms with Crippen LogP contribution in [0.4, 0.5) is 5.69 Å². The topological polar surface area (TPSA) is 62.4 Å². The molecule has 6 heteroatoms. The number of guanidine groups is 1. The Hall–Kier alpha value is -0.970. The molecule has 1 rings (SSSR count). The minimum atomic E-state index is 0.477. The molecule has 18 heavy (non-hydrogen) atoms. The third kappa shape index (κ3) is 4.37. The Morgan fingerprint density at radius 1 is 1.33 bits per heavy atom. The van der Waals surface area contributed by atoms with E-state index in [-0.39, 0.29) is 0 Å². The first-order valence-corrected chi connectivity index (χ1v) is 6.57. The molecule has 100 valence electrons. The number of rotatable bonds is 4. The quantitative estimate of drug-likeness (QED) is 0.262. The van der Waals surface area contributed by atoms with Crippen molar-refractivity contribution in [1.29, 1.82) is 0 Å². The van der Waals surface area contributed by atoms with Crippen LogP contribution in [-0.2, 0) is 0 Å². The molecule has 0 aliphatic rings. The zero-order valence-electron chi connectivity index (χ0n) is 10.6. The van der Waals surface area contributed by atoms with Gasteiger partial charge in [0.15, 0.2) is 0 Å². The third-order valence-electron chi connectivity index (χ3n) is 2.42. The van der Waals surface area contributed by atoms with Crippen molar-refractivity contribution in [2.24, 2.45) is 10.8 Å². The molecule has 0 amide bonds. The van der Waals surface area contributed by atoms with Gasteiger partial charge in [-0.25, -0.2) is 5.84 Å². The van der Waals surface area contributed by atoms with Crippen molar-refractivity contribution >= 4 is 34.8 Å². The van der Waals surface area contributed by atoms with Gasteiger partial charge in [-0.2, -0.15) is 0 Å². The molecule has 0 aliphatic heterocycles. The summed E-state index contributed by atoms with van der Waals surface area (Å²) in [5.41, 5.74) is 4.12. The smallest absolute Gasteiger partial charge is 0.210 e. The summed E-state index contributed by atoms with van der Waals surface area (Å²) in [6.45, 7) is 4.71. The summed E-state index contributed by atoms with van der Waals surface area (Å²) in [6.07, 6.45) is 2.09. The van der Waals surface area contributed by atoms with Crippen molar-refractivity contribution in [2.45, 2.75) is 26.7 Å². The number of halogens is 2. The standard InChI is InChI=1S/C12H18Cl2N4/c1-3-4-5-16-12(18-15)17-11-7-9(13)8(2)6-10(11)14/h6-7H,3-5,15H2,1-2H3,(H2,16,17,18). The molecule has 4 nitrogen and oxygen atoms in total. The van der Waals surface area contributed by atoms with E-state index in [9.17, 15) is 0 Å². The van der Waals surface area contributed by atoms with E-state index in [0.29, 0.717) is 28.2 Å². The Balaban J connectivity index is 2.81. The summed E-state index contributed by atoms with van der Waals surface area (Å²) in [5, 5.41) is 4.25. The van der Waals surface area contributed by atoms with E-state index in [1.807, 2.05) is 6.92 Å². The molecule has 0 bridgehead atoms. The molecule has 1 aromatic rings. The Morgan fingerprint density at radius 2 is 2.06 bits per heavy atom. The van der Waals surface area contributed by atoms with Crippen molar-refractivity contribution in [3.8, 4) is 0 Å². The lowest BCUT2D eigenvalue weighted by Gasteiger charge is -2.12. The normalized spacial score (nSPS) is 11.5. The van der Waals surface area contributed by atoms with Gasteiger partial charge in [0, 0.05) is 11.6 Å². The van der Waals surface area contributed by atoms with Crippen LogP contribution in [0.2, 0.25) is 10.0 Å². The molecule has 0 fully saturated rings. The number of nitrogens with two attached hydrogens (primary N) is 1. The molecule has 4 N–H and O–H groups in total. The van der Waals surface area contributed by atoms with Gasteiger partial charge in [-0.1, -0.05) is 36.5 Å². The van der Waals surface area contributed by atoms with Gasteiger partial charge < -0.3 is 5.32 Å². The van der Waals surface area contributed by atoms with Crippen molar-refractivity contribution in [3.63, 3.8) is 0 Å². The fraction of sp³-hybridized carbons (Fsp3) is 0.417. The summed E-state index contributed by atoms with van der Waals surface area (Å²) in [5.74, 6) is 5.88. The molecule has 0 saturated carbocycles. The largest absolute Gasteiger partial charge is 0.324 e. The first-order valence-electron chi connectivity index (χ1n) is 5.82. The second-order valence-electron chi connectivity index (χ2n) is 3.93. The van der Waals surface area contributed by atoms with Gasteiger partial charge in [0.05, 0.1) is 10.7 Å². The highest BCUT2D eigenvalue weighted by atomic mass is 35.5. The maximum absolute atomic E-state index is 6.12. The highest BCUT2D eigenvalue weighted by Crippen LogP contribution is 2.28. The van der Waals surface area contributed by atoms with Crippen molar-refractivity contribution in [2.75, 3.05) is 11.9 Å². The lowest BCUT2D eigenvalue weighted by Crippen LogP contribution is -2.36. The lowest BCUT2D eigenvalue weighted by atomic mass is 10.2. The number of nitrogens with one attached hydrogen (secondary N) is 2. The number of hydrogen-bond donors (Lipinski definition) is 3. The van der Waals surface area contributed by atoms with Crippen molar-refractivity contribution in [3.05, 3.63) is 27.7 Å². The van der Waals surface area contributed by atoms with Gasteiger partial charge >= 0.3 is 0 Å².